The summed E-state index contributed by atoms with van der Waals surface area (Å²) < 4.78 is 5.32. The number of aromatic nitrogens is 6. The Bertz CT molecular complexity index is 7200. The molecule has 106 heavy (non-hydrogen) atoms. The van der Waals surface area contributed by atoms with Crippen molar-refractivity contribution < 1.29 is 0 Å². The maximum atomic E-state index is 5.11. The lowest BCUT2D eigenvalue weighted by molar-refractivity contribution is 1.08. The van der Waals surface area contributed by atoms with Crippen molar-refractivity contribution >= 4 is 149 Å². The van der Waals surface area contributed by atoms with Crippen LogP contribution in [0.4, 0.5) is 0 Å². The van der Waals surface area contributed by atoms with Gasteiger partial charge in [0.1, 0.15) is 0 Å². The molecule has 4 heterocycles. The summed E-state index contributed by atoms with van der Waals surface area (Å²) in [6.45, 7) is 0. The van der Waals surface area contributed by atoms with Gasteiger partial charge in [-0.15, -0.1) is 22.7 Å². The lowest BCUT2D eigenvalue weighted by Gasteiger charge is -2.14. The van der Waals surface area contributed by atoms with E-state index in [1.165, 1.54) is 105 Å². The Hall–Kier alpha value is -13.5. The van der Waals surface area contributed by atoms with Crippen molar-refractivity contribution in [2.45, 2.75) is 0 Å². The third kappa shape index (κ3) is 10.7. The van der Waals surface area contributed by atoms with E-state index in [9.17, 15) is 0 Å². The summed E-state index contributed by atoms with van der Waals surface area (Å²) in [6, 6.07) is 126. The fourth-order valence-corrected chi connectivity index (χ4v) is 18.0. The zero-order valence-electron chi connectivity index (χ0n) is 57.0. The molecule has 0 radical (unpaired) electrons. The molecular weight excluding hydrogens is 1330 g/mol. The van der Waals surface area contributed by atoms with Crippen molar-refractivity contribution in [1.29, 1.82) is 0 Å². The minimum Gasteiger partial charge on any atom is -0.208 e. The first-order valence-corrected chi connectivity index (χ1v) is 37.3. The van der Waals surface area contributed by atoms with Gasteiger partial charge in [0.15, 0.2) is 34.9 Å². The summed E-state index contributed by atoms with van der Waals surface area (Å²) in [7, 11) is 0. The lowest BCUT2D eigenvalue weighted by atomic mass is 9.92. The molecule has 8 heteroatoms. The molecule has 22 rings (SSSR count). The van der Waals surface area contributed by atoms with E-state index < -0.39 is 0 Å². The number of benzene rings is 18. The fourth-order valence-electron chi connectivity index (χ4n) is 15.8. The quantitative estimate of drug-likeness (QED) is 0.141. The molecule has 0 saturated heterocycles. The Labute approximate surface area is 617 Å². The van der Waals surface area contributed by atoms with Crippen LogP contribution in [-0.2, 0) is 0 Å². The standard InChI is InChI=1S/2C49H29N3S/c1-3-11-31(12-4-1)47-50-48(32-13-5-2-6-14-32)52-49(51-47)43-27-37(26-34-15-7-8-16-38(34)43)33-23-24-39-35(25-33)21-19-30-20-22-36-28-45-42(29-41(36)46(30)39)40-17-9-10-18-44(40)53-45;1-3-11-31(12-4-1)47-50-48(32-13-5-2-6-14-32)52-49(51-47)43-28-37(26-34-15-7-8-16-38(34)43)33-23-24-39-35(25-33)21-19-30-20-22-36-27-42-40-17-9-10-18-44(40)53-45(42)29-41(36)46(30)39/h2*1-29H. The molecule has 6 nitrogen and oxygen atoms in total. The van der Waals surface area contributed by atoms with E-state index in [1.807, 2.05) is 95.5 Å². The SMILES string of the molecule is c1ccc(-c2nc(-c3ccccc3)nc(-c3cc(-c4ccc5c(ccc6ccc7cc8c(cc7c65)sc5ccccc58)c4)cc4ccccc34)n2)cc1.c1ccc(-c2nc(-c3ccccc3)nc(-c3cc(-c4ccc5c(ccc6ccc7cc8sc9ccccc9c8cc7c65)c4)cc4ccccc34)n2)cc1. The number of thiophene rings is 2. The van der Waals surface area contributed by atoms with Crippen molar-refractivity contribution in [3.05, 3.63) is 352 Å². The molecule has 0 spiro atoms. The zero-order valence-corrected chi connectivity index (χ0v) is 58.6. The molecular formula is C98H58N6S2. The number of rotatable bonds is 8. The first kappa shape index (κ1) is 61.2. The Morgan fingerprint density at radius 1 is 0.151 bits per heavy atom. The number of nitrogens with zero attached hydrogens (tertiary/aromatic N) is 6. The second-order valence-electron chi connectivity index (χ2n) is 27.2. The molecule has 0 fully saturated rings. The number of hydrogen-bond acceptors (Lipinski definition) is 8. The highest BCUT2D eigenvalue weighted by Gasteiger charge is 2.21. The van der Waals surface area contributed by atoms with Gasteiger partial charge in [-0.05, 0) is 181 Å². The molecule has 0 atom stereocenters. The van der Waals surface area contributed by atoms with Gasteiger partial charge in [0.05, 0.1) is 0 Å². The molecule has 18 aromatic carbocycles. The summed E-state index contributed by atoms with van der Waals surface area (Å²) >= 11 is 3.75. The molecule has 0 aliphatic carbocycles. The van der Waals surface area contributed by atoms with Crippen molar-refractivity contribution in [1.82, 2.24) is 29.9 Å². The average molecular weight is 1380 g/mol. The minimum atomic E-state index is 0.654. The van der Waals surface area contributed by atoms with E-state index in [-0.39, 0.29) is 0 Å². The normalized spacial score (nSPS) is 11.8. The Kier molecular flexibility index (Phi) is 14.5. The van der Waals surface area contributed by atoms with Crippen LogP contribution in [0.5, 0.6) is 0 Å². The van der Waals surface area contributed by atoms with Crippen LogP contribution in [0.3, 0.4) is 0 Å². The summed E-state index contributed by atoms with van der Waals surface area (Å²) in [5.41, 5.74) is 10.3. The van der Waals surface area contributed by atoms with E-state index in [1.54, 1.807) is 0 Å². The highest BCUT2D eigenvalue weighted by molar-refractivity contribution is 7.26. The zero-order chi connectivity index (χ0) is 69.8. The van der Waals surface area contributed by atoms with Crippen molar-refractivity contribution in [2.24, 2.45) is 0 Å². The van der Waals surface area contributed by atoms with Gasteiger partial charge in [0.2, 0.25) is 0 Å². The van der Waals surface area contributed by atoms with E-state index in [4.69, 9.17) is 29.9 Å². The predicted molar refractivity (Wildman–Crippen MR) is 449 cm³/mol. The van der Waals surface area contributed by atoms with Gasteiger partial charge in [-0.25, -0.2) is 29.9 Å². The van der Waals surface area contributed by atoms with Crippen molar-refractivity contribution in [3.8, 4) is 90.6 Å². The maximum Gasteiger partial charge on any atom is 0.164 e. The van der Waals surface area contributed by atoms with E-state index in [0.717, 1.165) is 77.2 Å². The predicted octanol–water partition coefficient (Wildman–Crippen LogP) is 27.0. The fraction of sp³-hybridized carbons (Fsp3) is 0. The largest absolute Gasteiger partial charge is 0.208 e. The summed E-state index contributed by atoms with van der Waals surface area (Å²) in [6.07, 6.45) is 0. The first-order valence-electron chi connectivity index (χ1n) is 35.7. The van der Waals surface area contributed by atoms with Crippen LogP contribution in [0.1, 0.15) is 0 Å². The molecule has 492 valence electrons. The molecule has 0 amide bonds. The molecule has 0 saturated carbocycles. The van der Waals surface area contributed by atoms with Crippen molar-refractivity contribution in [2.75, 3.05) is 0 Å². The Morgan fingerprint density at radius 3 is 0.896 bits per heavy atom. The second-order valence-corrected chi connectivity index (χ2v) is 29.4. The highest BCUT2D eigenvalue weighted by Crippen LogP contribution is 2.45. The van der Waals surface area contributed by atoms with Gasteiger partial charge in [-0.1, -0.05) is 279 Å². The van der Waals surface area contributed by atoms with Crippen LogP contribution >= 0.6 is 22.7 Å². The van der Waals surface area contributed by atoms with E-state index in [2.05, 4.69) is 279 Å². The van der Waals surface area contributed by atoms with E-state index >= 15 is 0 Å². The smallest absolute Gasteiger partial charge is 0.164 e. The number of fused-ring (bicyclic) bond motifs is 18. The molecule has 4 aromatic heterocycles. The van der Waals surface area contributed by atoms with Crippen LogP contribution in [0.2, 0.25) is 0 Å². The first-order chi connectivity index (χ1) is 52.5. The molecule has 0 bridgehead atoms. The summed E-state index contributed by atoms with van der Waals surface area (Å²) in [5, 5.41) is 25.0. The topological polar surface area (TPSA) is 77.3 Å². The maximum absolute atomic E-state index is 5.11. The molecule has 0 aliphatic heterocycles. The molecule has 22 aromatic rings. The highest BCUT2D eigenvalue weighted by atomic mass is 32.1. The molecule has 0 N–H and O–H groups in total. The summed E-state index contributed by atoms with van der Waals surface area (Å²) in [4.78, 5) is 30.3. The number of hydrogen-bond donors (Lipinski definition) is 0. The Morgan fingerprint density at radius 2 is 0.462 bits per heavy atom. The summed E-state index contributed by atoms with van der Waals surface area (Å²) in [5.74, 6) is 3.93. The van der Waals surface area contributed by atoms with Gasteiger partial charge in [-0.2, -0.15) is 0 Å². The third-order valence-electron chi connectivity index (χ3n) is 20.9. The van der Waals surface area contributed by atoms with Gasteiger partial charge in [0, 0.05) is 73.7 Å². The van der Waals surface area contributed by atoms with Crippen molar-refractivity contribution in [3.63, 3.8) is 0 Å². The molecule has 0 aliphatic rings. The van der Waals surface area contributed by atoms with Gasteiger partial charge >= 0.3 is 0 Å². The molecule has 0 unspecified atom stereocenters. The van der Waals surface area contributed by atoms with Crippen LogP contribution in [-0.4, -0.2) is 29.9 Å². The third-order valence-corrected chi connectivity index (χ3v) is 23.2. The van der Waals surface area contributed by atoms with Crippen LogP contribution < -0.4 is 0 Å². The lowest BCUT2D eigenvalue weighted by Crippen LogP contribution is -2.00. The van der Waals surface area contributed by atoms with Gasteiger partial charge in [0.25, 0.3) is 0 Å². The van der Waals surface area contributed by atoms with Crippen LogP contribution in [0.25, 0.3) is 217 Å². The Balaban J connectivity index is 0.000000136. The van der Waals surface area contributed by atoms with Crippen LogP contribution in [0, 0.1) is 0 Å². The van der Waals surface area contributed by atoms with E-state index in [0.29, 0.717) is 34.9 Å². The van der Waals surface area contributed by atoms with Gasteiger partial charge < -0.3 is 0 Å². The average Bonchev–Trinajstić information content (AvgIpc) is 1.35. The monoisotopic (exact) mass is 1380 g/mol. The van der Waals surface area contributed by atoms with Gasteiger partial charge in [-0.3, -0.25) is 0 Å². The minimum absolute atomic E-state index is 0.654. The van der Waals surface area contributed by atoms with Crippen LogP contribution in [0.15, 0.2) is 352 Å². The second kappa shape index (κ2) is 25.2.